The monoisotopic (exact) mass is 206 g/mol. The number of rotatable bonds is 4. The van der Waals surface area contributed by atoms with Crippen molar-refractivity contribution >= 4 is 0 Å². The van der Waals surface area contributed by atoms with E-state index in [0.717, 1.165) is 0 Å². The Balaban J connectivity index is 2.93. The van der Waals surface area contributed by atoms with Gasteiger partial charge in [0.1, 0.15) is 0 Å². The predicted molar refractivity (Wildman–Crippen MR) is 64.9 cm³/mol. The van der Waals surface area contributed by atoms with Gasteiger partial charge in [-0.3, -0.25) is 0 Å². The maximum Gasteiger partial charge on any atom is 0.0634 e. The lowest BCUT2D eigenvalue weighted by molar-refractivity contribution is 0.0788. The first-order valence-corrected chi connectivity index (χ1v) is 5.77. The molecule has 0 aliphatic heterocycles. The minimum Gasteiger partial charge on any atom is -0.392 e. The van der Waals surface area contributed by atoms with Crippen LogP contribution in [0.1, 0.15) is 39.2 Å². The molecule has 1 aromatic carbocycles. The van der Waals surface area contributed by atoms with E-state index in [-0.39, 0.29) is 12.0 Å². The van der Waals surface area contributed by atoms with Gasteiger partial charge in [-0.05, 0) is 17.4 Å². The number of aliphatic hydroxyl groups excluding tert-OH is 1. The fraction of sp³-hybridized carbons (Fsp3) is 0.571. The average Bonchev–Trinajstić information content (AvgIpc) is 2.18. The lowest BCUT2D eigenvalue weighted by atomic mass is 9.80. The van der Waals surface area contributed by atoms with Crippen LogP contribution in [-0.2, 0) is 0 Å². The molecule has 0 radical (unpaired) electrons. The normalized spacial score (nSPS) is 15.7. The van der Waals surface area contributed by atoms with Gasteiger partial charge in [0.15, 0.2) is 0 Å². The molecule has 0 saturated carbocycles. The van der Waals surface area contributed by atoms with Gasteiger partial charge in [0, 0.05) is 5.92 Å². The number of hydrogen-bond acceptors (Lipinski definition) is 1. The first kappa shape index (κ1) is 12.3. The molecule has 1 nitrogen and oxygen atoms in total. The Kier molecular flexibility index (Phi) is 4.34. The molecular formula is C14H22O. The lowest BCUT2D eigenvalue weighted by Gasteiger charge is -2.29. The third-order valence-corrected chi connectivity index (χ3v) is 2.95. The zero-order valence-electron chi connectivity index (χ0n) is 10.1. The minimum atomic E-state index is -0.257. The highest BCUT2D eigenvalue weighted by Gasteiger charge is 2.26. The summed E-state index contributed by atoms with van der Waals surface area (Å²) in [6, 6.07) is 10.3. The van der Waals surface area contributed by atoms with Crippen LogP contribution in [0.5, 0.6) is 0 Å². The van der Waals surface area contributed by atoms with Crippen LogP contribution in [0.25, 0.3) is 0 Å². The molecule has 1 heteroatoms. The van der Waals surface area contributed by atoms with Crippen LogP contribution in [0, 0.1) is 11.8 Å². The molecule has 0 aliphatic carbocycles. The Bertz CT molecular complexity index is 277. The first-order valence-electron chi connectivity index (χ1n) is 5.77. The van der Waals surface area contributed by atoms with Gasteiger partial charge in [0.05, 0.1) is 6.10 Å². The van der Waals surface area contributed by atoms with Gasteiger partial charge in [-0.25, -0.2) is 0 Å². The molecule has 2 atom stereocenters. The van der Waals surface area contributed by atoms with Crippen molar-refractivity contribution in [1.29, 1.82) is 0 Å². The quantitative estimate of drug-likeness (QED) is 0.800. The molecule has 1 N–H and O–H groups in total. The fourth-order valence-electron chi connectivity index (χ4n) is 2.07. The standard InChI is InChI=1S/C14H22O/c1-10(2)13(14(15)11(3)4)12-8-6-5-7-9-12/h5-11,13-15H,1-4H3. The maximum absolute atomic E-state index is 10.2. The van der Waals surface area contributed by atoms with E-state index in [0.29, 0.717) is 11.8 Å². The molecule has 2 unspecified atom stereocenters. The largest absolute Gasteiger partial charge is 0.392 e. The topological polar surface area (TPSA) is 20.2 Å². The molecule has 0 aliphatic rings. The number of benzene rings is 1. The summed E-state index contributed by atoms with van der Waals surface area (Å²) < 4.78 is 0. The summed E-state index contributed by atoms with van der Waals surface area (Å²) in [5, 5.41) is 10.2. The van der Waals surface area contributed by atoms with Gasteiger partial charge in [-0.1, -0.05) is 58.0 Å². The van der Waals surface area contributed by atoms with E-state index in [4.69, 9.17) is 0 Å². The van der Waals surface area contributed by atoms with Gasteiger partial charge in [-0.15, -0.1) is 0 Å². The van der Waals surface area contributed by atoms with E-state index in [2.05, 4.69) is 39.8 Å². The van der Waals surface area contributed by atoms with Crippen molar-refractivity contribution < 1.29 is 5.11 Å². The Morgan fingerprint density at radius 1 is 0.867 bits per heavy atom. The maximum atomic E-state index is 10.2. The zero-order chi connectivity index (χ0) is 11.4. The lowest BCUT2D eigenvalue weighted by Crippen LogP contribution is -2.27. The van der Waals surface area contributed by atoms with Crippen molar-refractivity contribution in [2.45, 2.75) is 39.7 Å². The van der Waals surface area contributed by atoms with Crippen molar-refractivity contribution in [2.75, 3.05) is 0 Å². The average molecular weight is 206 g/mol. The first-order chi connectivity index (χ1) is 7.04. The number of hydrogen-bond donors (Lipinski definition) is 1. The van der Waals surface area contributed by atoms with Crippen LogP contribution in [0.15, 0.2) is 30.3 Å². The second kappa shape index (κ2) is 5.32. The van der Waals surface area contributed by atoms with Crippen LogP contribution in [-0.4, -0.2) is 11.2 Å². The highest BCUT2D eigenvalue weighted by molar-refractivity contribution is 5.21. The van der Waals surface area contributed by atoms with E-state index in [1.54, 1.807) is 0 Å². The van der Waals surface area contributed by atoms with Crippen LogP contribution in [0.4, 0.5) is 0 Å². The van der Waals surface area contributed by atoms with Crippen molar-refractivity contribution in [3.8, 4) is 0 Å². The molecule has 0 amide bonds. The fourth-order valence-corrected chi connectivity index (χ4v) is 2.07. The summed E-state index contributed by atoms with van der Waals surface area (Å²) in [5.74, 6) is 1.01. The van der Waals surface area contributed by atoms with Gasteiger partial charge in [-0.2, -0.15) is 0 Å². The molecule has 0 fully saturated rings. The van der Waals surface area contributed by atoms with Gasteiger partial charge < -0.3 is 5.11 Å². The molecule has 0 spiro atoms. The summed E-state index contributed by atoms with van der Waals surface area (Å²) >= 11 is 0. The second-order valence-corrected chi connectivity index (χ2v) is 4.92. The Hall–Kier alpha value is -0.820. The van der Waals surface area contributed by atoms with Gasteiger partial charge in [0.25, 0.3) is 0 Å². The molecule has 15 heavy (non-hydrogen) atoms. The summed E-state index contributed by atoms with van der Waals surface area (Å²) in [4.78, 5) is 0. The van der Waals surface area contributed by atoms with Crippen molar-refractivity contribution in [3.05, 3.63) is 35.9 Å². The molecule has 0 aromatic heterocycles. The Morgan fingerprint density at radius 2 is 1.40 bits per heavy atom. The van der Waals surface area contributed by atoms with E-state index in [9.17, 15) is 5.11 Å². The van der Waals surface area contributed by atoms with Gasteiger partial charge in [0.2, 0.25) is 0 Å². The van der Waals surface area contributed by atoms with Crippen LogP contribution >= 0.6 is 0 Å². The molecule has 84 valence electrons. The number of aliphatic hydroxyl groups is 1. The third kappa shape index (κ3) is 3.07. The Labute approximate surface area is 93.1 Å². The molecule has 1 rings (SSSR count). The summed E-state index contributed by atoms with van der Waals surface area (Å²) in [7, 11) is 0. The van der Waals surface area contributed by atoms with Gasteiger partial charge >= 0.3 is 0 Å². The van der Waals surface area contributed by atoms with Crippen LogP contribution in [0.3, 0.4) is 0 Å². The third-order valence-electron chi connectivity index (χ3n) is 2.95. The Morgan fingerprint density at radius 3 is 1.80 bits per heavy atom. The van der Waals surface area contributed by atoms with Crippen LogP contribution < -0.4 is 0 Å². The molecule has 0 saturated heterocycles. The summed E-state index contributed by atoms with van der Waals surface area (Å²) in [6.07, 6.45) is -0.257. The van der Waals surface area contributed by atoms with Crippen molar-refractivity contribution in [1.82, 2.24) is 0 Å². The van der Waals surface area contributed by atoms with Crippen molar-refractivity contribution in [2.24, 2.45) is 11.8 Å². The molecular weight excluding hydrogens is 184 g/mol. The predicted octanol–water partition coefficient (Wildman–Crippen LogP) is 3.44. The summed E-state index contributed by atoms with van der Waals surface area (Å²) in [6.45, 7) is 8.48. The van der Waals surface area contributed by atoms with E-state index >= 15 is 0 Å². The van der Waals surface area contributed by atoms with Crippen LogP contribution in [0.2, 0.25) is 0 Å². The summed E-state index contributed by atoms with van der Waals surface area (Å²) in [5.41, 5.74) is 1.24. The van der Waals surface area contributed by atoms with E-state index < -0.39 is 0 Å². The smallest absolute Gasteiger partial charge is 0.0634 e. The highest BCUT2D eigenvalue weighted by Crippen LogP contribution is 2.31. The second-order valence-electron chi connectivity index (χ2n) is 4.92. The minimum absolute atomic E-state index is 0.242. The SMILES string of the molecule is CC(C)C(O)C(c1ccccc1)C(C)C. The molecule has 0 heterocycles. The molecule has 0 bridgehead atoms. The van der Waals surface area contributed by atoms with E-state index in [1.807, 2.05) is 18.2 Å². The zero-order valence-corrected chi connectivity index (χ0v) is 10.1. The highest BCUT2D eigenvalue weighted by atomic mass is 16.3. The molecule has 1 aromatic rings. The van der Waals surface area contributed by atoms with Crippen molar-refractivity contribution in [3.63, 3.8) is 0 Å². The van der Waals surface area contributed by atoms with E-state index in [1.165, 1.54) is 5.56 Å².